The van der Waals surface area contributed by atoms with Gasteiger partial charge in [-0.05, 0) is 33.3 Å². The minimum absolute atomic E-state index is 0.369. The SMILES string of the molecule is CCOCC(O)Cn1nc(C)c(C)c1C. The summed E-state index contributed by atoms with van der Waals surface area (Å²) in [5, 5.41) is 14.0. The van der Waals surface area contributed by atoms with Crippen LogP contribution < -0.4 is 0 Å². The molecule has 0 fully saturated rings. The quantitative estimate of drug-likeness (QED) is 0.798. The standard InChI is InChI=1S/C11H20N2O2/c1-5-15-7-11(14)6-13-10(4)8(2)9(3)12-13/h11,14H,5-7H2,1-4H3. The maximum Gasteiger partial charge on any atom is 0.0969 e. The number of nitrogens with zero attached hydrogens (tertiary/aromatic N) is 2. The molecule has 0 aliphatic rings. The van der Waals surface area contributed by atoms with Crippen LogP contribution in [0.15, 0.2) is 0 Å². The molecule has 15 heavy (non-hydrogen) atoms. The molecule has 0 saturated carbocycles. The van der Waals surface area contributed by atoms with E-state index < -0.39 is 6.10 Å². The lowest BCUT2D eigenvalue weighted by Crippen LogP contribution is -2.23. The van der Waals surface area contributed by atoms with Crippen LogP contribution in [0.25, 0.3) is 0 Å². The van der Waals surface area contributed by atoms with E-state index in [2.05, 4.69) is 5.10 Å². The van der Waals surface area contributed by atoms with E-state index >= 15 is 0 Å². The van der Waals surface area contributed by atoms with Crippen molar-refractivity contribution in [2.45, 2.75) is 40.3 Å². The van der Waals surface area contributed by atoms with Crippen LogP contribution in [0.4, 0.5) is 0 Å². The number of aromatic nitrogens is 2. The van der Waals surface area contributed by atoms with Gasteiger partial charge in [-0.25, -0.2) is 0 Å². The molecule has 86 valence electrons. The predicted octanol–water partition coefficient (Wildman–Crippen LogP) is 1.21. The van der Waals surface area contributed by atoms with Gasteiger partial charge in [0.1, 0.15) is 0 Å². The molecule has 0 spiro atoms. The molecule has 0 bridgehead atoms. The molecule has 0 aliphatic carbocycles. The van der Waals surface area contributed by atoms with E-state index in [1.54, 1.807) is 0 Å². The smallest absolute Gasteiger partial charge is 0.0969 e. The first-order valence-corrected chi connectivity index (χ1v) is 5.32. The van der Waals surface area contributed by atoms with E-state index in [-0.39, 0.29) is 0 Å². The Morgan fingerprint density at radius 2 is 2.07 bits per heavy atom. The van der Waals surface area contributed by atoms with Gasteiger partial charge in [-0.2, -0.15) is 5.10 Å². The Hall–Kier alpha value is -0.870. The number of ether oxygens (including phenoxy) is 1. The number of hydrogen-bond donors (Lipinski definition) is 1. The Morgan fingerprint density at radius 3 is 2.53 bits per heavy atom. The lowest BCUT2D eigenvalue weighted by Gasteiger charge is -2.11. The van der Waals surface area contributed by atoms with Gasteiger partial charge in [-0.15, -0.1) is 0 Å². The minimum atomic E-state index is -0.484. The number of aliphatic hydroxyl groups is 1. The van der Waals surface area contributed by atoms with Gasteiger partial charge < -0.3 is 9.84 Å². The lowest BCUT2D eigenvalue weighted by atomic mass is 10.2. The summed E-state index contributed by atoms with van der Waals surface area (Å²) in [6.07, 6.45) is -0.484. The van der Waals surface area contributed by atoms with Gasteiger partial charge in [0.2, 0.25) is 0 Å². The van der Waals surface area contributed by atoms with Crippen molar-refractivity contribution in [3.8, 4) is 0 Å². The Labute approximate surface area is 90.9 Å². The van der Waals surface area contributed by atoms with Crippen LogP contribution in [0.2, 0.25) is 0 Å². The van der Waals surface area contributed by atoms with E-state index in [0.29, 0.717) is 19.8 Å². The third-order valence-corrected chi connectivity index (χ3v) is 2.64. The van der Waals surface area contributed by atoms with Crippen molar-refractivity contribution < 1.29 is 9.84 Å². The fourth-order valence-corrected chi connectivity index (χ4v) is 1.47. The van der Waals surface area contributed by atoms with E-state index in [4.69, 9.17) is 4.74 Å². The molecule has 1 unspecified atom stereocenters. The van der Waals surface area contributed by atoms with Gasteiger partial charge in [-0.3, -0.25) is 4.68 Å². The third-order valence-electron chi connectivity index (χ3n) is 2.64. The fraction of sp³-hybridized carbons (Fsp3) is 0.727. The highest BCUT2D eigenvalue weighted by atomic mass is 16.5. The summed E-state index contributed by atoms with van der Waals surface area (Å²) in [6, 6.07) is 0. The molecule has 1 aromatic heterocycles. The van der Waals surface area contributed by atoms with Gasteiger partial charge in [0.25, 0.3) is 0 Å². The molecule has 1 aromatic rings. The van der Waals surface area contributed by atoms with Gasteiger partial charge in [0.05, 0.1) is 24.9 Å². The Kier molecular flexibility index (Phi) is 4.29. The molecule has 0 aromatic carbocycles. The molecule has 1 atom stereocenters. The van der Waals surface area contributed by atoms with Crippen molar-refractivity contribution in [3.05, 3.63) is 17.0 Å². The summed E-state index contributed by atoms with van der Waals surface area (Å²) >= 11 is 0. The van der Waals surface area contributed by atoms with Gasteiger partial charge in [-0.1, -0.05) is 0 Å². The van der Waals surface area contributed by atoms with Crippen LogP contribution in [0.1, 0.15) is 23.9 Å². The third kappa shape index (κ3) is 3.04. The summed E-state index contributed by atoms with van der Waals surface area (Å²) in [4.78, 5) is 0. The largest absolute Gasteiger partial charge is 0.389 e. The first-order chi connectivity index (χ1) is 7.06. The second-order valence-electron chi connectivity index (χ2n) is 3.79. The van der Waals surface area contributed by atoms with E-state index in [0.717, 1.165) is 11.4 Å². The van der Waals surface area contributed by atoms with Crippen LogP contribution in [0, 0.1) is 20.8 Å². The number of rotatable bonds is 5. The van der Waals surface area contributed by atoms with Crippen molar-refractivity contribution in [1.82, 2.24) is 9.78 Å². The average molecular weight is 212 g/mol. The molecule has 0 aliphatic heterocycles. The van der Waals surface area contributed by atoms with Crippen LogP contribution >= 0.6 is 0 Å². The summed E-state index contributed by atoms with van der Waals surface area (Å²) in [5.74, 6) is 0. The van der Waals surface area contributed by atoms with Gasteiger partial charge in [0.15, 0.2) is 0 Å². The summed E-state index contributed by atoms with van der Waals surface area (Å²) < 4.78 is 6.99. The molecule has 4 nitrogen and oxygen atoms in total. The van der Waals surface area contributed by atoms with Gasteiger partial charge >= 0.3 is 0 Å². The van der Waals surface area contributed by atoms with Crippen LogP contribution in [-0.2, 0) is 11.3 Å². The molecule has 1 N–H and O–H groups in total. The van der Waals surface area contributed by atoms with Crippen molar-refractivity contribution >= 4 is 0 Å². The first kappa shape index (κ1) is 12.2. The zero-order valence-electron chi connectivity index (χ0n) is 9.95. The molecule has 0 radical (unpaired) electrons. The Balaban J connectivity index is 2.60. The average Bonchev–Trinajstić information content (AvgIpc) is 2.43. The fourth-order valence-electron chi connectivity index (χ4n) is 1.47. The van der Waals surface area contributed by atoms with Crippen LogP contribution in [0.3, 0.4) is 0 Å². The first-order valence-electron chi connectivity index (χ1n) is 5.32. The molecule has 0 saturated heterocycles. The normalized spacial score (nSPS) is 13.1. The Morgan fingerprint density at radius 1 is 1.40 bits per heavy atom. The van der Waals surface area contributed by atoms with Crippen molar-refractivity contribution in [1.29, 1.82) is 0 Å². The zero-order valence-corrected chi connectivity index (χ0v) is 9.95. The van der Waals surface area contributed by atoms with E-state index in [1.165, 1.54) is 5.56 Å². The lowest BCUT2D eigenvalue weighted by molar-refractivity contribution is 0.0313. The van der Waals surface area contributed by atoms with E-state index in [1.807, 2.05) is 32.4 Å². The highest BCUT2D eigenvalue weighted by Crippen LogP contribution is 2.11. The highest BCUT2D eigenvalue weighted by molar-refractivity contribution is 5.22. The van der Waals surface area contributed by atoms with E-state index in [9.17, 15) is 5.11 Å². The van der Waals surface area contributed by atoms with Gasteiger partial charge in [0, 0.05) is 12.3 Å². The zero-order chi connectivity index (χ0) is 11.4. The van der Waals surface area contributed by atoms with Crippen molar-refractivity contribution in [3.63, 3.8) is 0 Å². The molecule has 1 heterocycles. The predicted molar refractivity (Wildman–Crippen MR) is 58.9 cm³/mol. The maximum absolute atomic E-state index is 9.67. The molecule has 4 heteroatoms. The van der Waals surface area contributed by atoms with Crippen LogP contribution in [0.5, 0.6) is 0 Å². The molecule has 1 rings (SSSR count). The summed E-state index contributed by atoms with van der Waals surface area (Å²) in [7, 11) is 0. The Bertz CT molecular complexity index is 321. The number of aliphatic hydroxyl groups excluding tert-OH is 1. The van der Waals surface area contributed by atoms with Crippen LogP contribution in [-0.4, -0.2) is 34.2 Å². The topological polar surface area (TPSA) is 47.3 Å². The number of hydrogen-bond acceptors (Lipinski definition) is 3. The summed E-state index contributed by atoms with van der Waals surface area (Å²) in [6.45, 7) is 9.46. The maximum atomic E-state index is 9.67. The number of aryl methyl sites for hydroxylation is 1. The monoisotopic (exact) mass is 212 g/mol. The second kappa shape index (κ2) is 5.28. The minimum Gasteiger partial charge on any atom is -0.389 e. The molecule has 0 amide bonds. The second-order valence-corrected chi connectivity index (χ2v) is 3.79. The highest BCUT2D eigenvalue weighted by Gasteiger charge is 2.11. The molecular formula is C11H20N2O2. The van der Waals surface area contributed by atoms with Crippen molar-refractivity contribution in [2.24, 2.45) is 0 Å². The van der Waals surface area contributed by atoms with Crippen molar-refractivity contribution in [2.75, 3.05) is 13.2 Å². The summed E-state index contributed by atoms with van der Waals surface area (Å²) in [5.41, 5.74) is 3.33. The molecular weight excluding hydrogens is 192 g/mol.